The van der Waals surface area contributed by atoms with E-state index < -0.39 is 29.8 Å². The van der Waals surface area contributed by atoms with Crippen molar-refractivity contribution in [2.24, 2.45) is 0 Å². The number of rotatable bonds is 7. The lowest BCUT2D eigenvalue weighted by molar-refractivity contribution is -0.157. The zero-order chi connectivity index (χ0) is 31.9. The second kappa shape index (κ2) is 12.0. The van der Waals surface area contributed by atoms with Gasteiger partial charge in [0, 0.05) is 24.9 Å². The predicted molar refractivity (Wildman–Crippen MR) is 167 cm³/mol. The molecule has 0 bridgehead atoms. The number of nitrogens with one attached hydrogen (secondary N) is 1. The Kier molecular flexibility index (Phi) is 8.64. The van der Waals surface area contributed by atoms with Gasteiger partial charge in [-0.1, -0.05) is 24.3 Å². The van der Waals surface area contributed by atoms with Crippen LogP contribution < -0.4 is 19.5 Å². The molecule has 2 aromatic carbocycles. The van der Waals surface area contributed by atoms with Crippen LogP contribution in [0.25, 0.3) is 0 Å². The molecule has 44 heavy (non-hydrogen) atoms. The highest BCUT2D eigenvalue weighted by Crippen LogP contribution is 2.55. The van der Waals surface area contributed by atoms with Crippen molar-refractivity contribution >= 4 is 12.1 Å². The maximum absolute atomic E-state index is 13.3. The van der Waals surface area contributed by atoms with E-state index >= 15 is 0 Å². The number of esters is 1. The largest absolute Gasteiger partial charge is 0.493 e. The summed E-state index contributed by atoms with van der Waals surface area (Å²) < 4.78 is 29.7. The summed E-state index contributed by atoms with van der Waals surface area (Å²) in [6.45, 7) is 13.1. The second-order valence-electron chi connectivity index (χ2n) is 14.1. The first-order valence-corrected chi connectivity index (χ1v) is 15.4. The fourth-order valence-electron chi connectivity index (χ4n) is 6.32. The van der Waals surface area contributed by atoms with E-state index in [4.69, 9.17) is 23.7 Å². The molecule has 4 atom stereocenters. The quantitative estimate of drug-likeness (QED) is 0.316. The van der Waals surface area contributed by atoms with E-state index in [0.717, 1.165) is 36.6 Å². The Morgan fingerprint density at radius 1 is 1.07 bits per heavy atom. The molecule has 0 aromatic heterocycles. The van der Waals surface area contributed by atoms with Crippen LogP contribution in [0, 0.1) is 0 Å². The van der Waals surface area contributed by atoms with Crippen molar-refractivity contribution in [1.29, 1.82) is 0 Å². The Hall–Kier alpha value is -3.72. The molecule has 5 rings (SSSR count). The molecular weight excluding hydrogens is 560 g/mol. The maximum Gasteiger partial charge on any atom is 0.408 e. The highest BCUT2D eigenvalue weighted by atomic mass is 16.6. The summed E-state index contributed by atoms with van der Waals surface area (Å²) in [5.74, 6) is 1.69. The lowest BCUT2D eigenvalue weighted by Gasteiger charge is -2.36. The number of hydrogen-bond acceptors (Lipinski definition) is 8. The standard InChI is InChI=1S/C35H46N2O7/c1-33(2,3)43-24-12-9-22(10-13-24)19-26(31(38)44-34(4,5)6)36-32(39)41-25-15-16-35-17-18-37(7)21-23-11-14-27(40-8)30(29(23)35)42-28(35)20-25/h9-16,25-26,28H,17-21H2,1-8H3,(H,36,39)/t25-,26+,28-,35-/m0/s1. The minimum Gasteiger partial charge on any atom is -0.493 e. The Morgan fingerprint density at radius 3 is 2.45 bits per heavy atom. The summed E-state index contributed by atoms with van der Waals surface area (Å²) in [6, 6.07) is 10.6. The van der Waals surface area contributed by atoms with Crippen LogP contribution in [0.15, 0.2) is 48.6 Å². The van der Waals surface area contributed by atoms with E-state index in [0.29, 0.717) is 12.2 Å². The SMILES string of the molecule is COc1ccc2c3c1O[C@H]1C[C@@H](OC(=O)N[C@H](Cc4ccc(OC(C)(C)C)cc4)C(=O)OC(C)(C)C)C=C[C@@]31CCN(C)C2. The zero-order valence-corrected chi connectivity index (χ0v) is 27.2. The minimum absolute atomic E-state index is 0.211. The number of amides is 1. The van der Waals surface area contributed by atoms with Gasteiger partial charge < -0.3 is 33.9 Å². The summed E-state index contributed by atoms with van der Waals surface area (Å²) in [5.41, 5.74) is 1.89. The summed E-state index contributed by atoms with van der Waals surface area (Å²) in [7, 11) is 3.78. The zero-order valence-electron chi connectivity index (χ0n) is 27.2. The van der Waals surface area contributed by atoms with Crippen LogP contribution in [0.2, 0.25) is 0 Å². The molecule has 2 aromatic rings. The van der Waals surface area contributed by atoms with Crippen LogP contribution in [-0.2, 0) is 32.6 Å². The first kappa shape index (κ1) is 31.7. The van der Waals surface area contributed by atoms with Gasteiger partial charge in [-0.2, -0.15) is 0 Å². The Balaban J connectivity index is 1.30. The van der Waals surface area contributed by atoms with Crippen molar-refractivity contribution in [3.05, 3.63) is 65.2 Å². The first-order chi connectivity index (χ1) is 20.7. The van der Waals surface area contributed by atoms with Gasteiger partial charge in [0.15, 0.2) is 11.5 Å². The number of carbonyl (C=O) groups is 2. The number of carbonyl (C=O) groups excluding carboxylic acids is 2. The first-order valence-electron chi connectivity index (χ1n) is 15.4. The van der Waals surface area contributed by atoms with Gasteiger partial charge in [0.2, 0.25) is 0 Å². The average Bonchev–Trinajstić information content (AvgIpc) is 3.18. The fourth-order valence-corrected chi connectivity index (χ4v) is 6.32. The van der Waals surface area contributed by atoms with Gasteiger partial charge in [0.1, 0.15) is 35.2 Å². The number of alkyl carbamates (subject to hydrolysis) is 1. The summed E-state index contributed by atoms with van der Waals surface area (Å²) in [4.78, 5) is 28.8. The summed E-state index contributed by atoms with van der Waals surface area (Å²) >= 11 is 0. The van der Waals surface area contributed by atoms with Crippen LogP contribution in [0.1, 0.15) is 71.1 Å². The van der Waals surface area contributed by atoms with Gasteiger partial charge in [0.05, 0.1) is 12.5 Å². The molecule has 1 aliphatic carbocycles. The Labute approximate surface area is 260 Å². The Morgan fingerprint density at radius 2 is 1.80 bits per heavy atom. The lowest BCUT2D eigenvalue weighted by Crippen LogP contribution is -2.48. The summed E-state index contributed by atoms with van der Waals surface area (Å²) in [6.07, 6.45) is 4.29. The highest BCUT2D eigenvalue weighted by molar-refractivity contribution is 5.82. The molecule has 0 saturated carbocycles. The number of nitrogens with zero attached hydrogens (tertiary/aromatic N) is 1. The van der Waals surface area contributed by atoms with E-state index in [9.17, 15) is 9.59 Å². The molecular formula is C35H46N2O7. The van der Waals surface area contributed by atoms with Gasteiger partial charge in [-0.05, 0) is 97.0 Å². The van der Waals surface area contributed by atoms with Crippen molar-refractivity contribution in [2.45, 2.75) is 102 Å². The van der Waals surface area contributed by atoms with Crippen molar-refractivity contribution in [3.63, 3.8) is 0 Å². The van der Waals surface area contributed by atoms with Gasteiger partial charge in [-0.25, -0.2) is 9.59 Å². The monoisotopic (exact) mass is 606 g/mol. The topological polar surface area (TPSA) is 95.6 Å². The van der Waals surface area contributed by atoms with E-state index in [-0.39, 0.29) is 23.5 Å². The van der Waals surface area contributed by atoms with Crippen molar-refractivity contribution in [1.82, 2.24) is 10.2 Å². The molecule has 1 amide bonds. The van der Waals surface area contributed by atoms with E-state index in [1.807, 2.05) is 57.2 Å². The van der Waals surface area contributed by atoms with Crippen LogP contribution in [0.4, 0.5) is 4.79 Å². The molecule has 2 heterocycles. The third kappa shape index (κ3) is 6.98. The number of ether oxygens (including phenoxy) is 5. The number of hydrogen-bond donors (Lipinski definition) is 1. The van der Waals surface area contributed by atoms with E-state index in [1.165, 1.54) is 11.1 Å². The molecule has 1 spiro atoms. The third-order valence-electron chi connectivity index (χ3n) is 8.16. The molecule has 0 fully saturated rings. The molecule has 0 unspecified atom stereocenters. The van der Waals surface area contributed by atoms with E-state index in [2.05, 4.69) is 29.4 Å². The van der Waals surface area contributed by atoms with Gasteiger partial charge >= 0.3 is 12.1 Å². The average molecular weight is 607 g/mol. The van der Waals surface area contributed by atoms with Gasteiger partial charge in [-0.3, -0.25) is 0 Å². The molecule has 0 saturated heterocycles. The van der Waals surface area contributed by atoms with Crippen molar-refractivity contribution < 1.29 is 33.3 Å². The smallest absolute Gasteiger partial charge is 0.408 e. The van der Waals surface area contributed by atoms with Crippen molar-refractivity contribution in [2.75, 3.05) is 20.7 Å². The Bertz CT molecular complexity index is 1410. The van der Waals surface area contributed by atoms with Crippen LogP contribution in [0.3, 0.4) is 0 Å². The normalized spacial score (nSPS) is 23.4. The van der Waals surface area contributed by atoms with Crippen LogP contribution >= 0.6 is 0 Å². The molecule has 1 N–H and O–H groups in total. The van der Waals surface area contributed by atoms with Crippen LogP contribution in [0.5, 0.6) is 17.2 Å². The van der Waals surface area contributed by atoms with Gasteiger partial charge in [-0.15, -0.1) is 0 Å². The number of benzene rings is 2. The predicted octanol–water partition coefficient (Wildman–Crippen LogP) is 5.71. The molecule has 9 nitrogen and oxygen atoms in total. The fraction of sp³-hybridized carbons (Fsp3) is 0.543. The highest BCUT2D eigenvalue weighted by Gasteiger charge is 2.53. The molecule has 238 valence electrons. The molecule has 2 aliphatic heterocycles. The van der Waals surface area contributed by atoms with Gasteiger partial charge in [0.25, 0.3) is 0 Å². The molecule has 0 radical (unpaired) electrons. The van der Waals surface area contributed by atoms with E-state index in [1.54, 1.807) is 27.9 Å². The minimum atomic E-state index is -0.939. The number of methoxy groups -OCH3 is 1. The molecule has 9 heteroatoms. The summed E-state index contributed by atoms with van der Waals surface area (Å²) in [5, 5.41) is 2.77. The second-order valence-corrected chi connectivity index (χ2v) is 14.1. The van der Waals surface area contributed by atoms with Crippen LogP contribution in [-0.4, -0.2) is 67.1 Å². The maximum atomic E-state index is 13.3. The lowest BCUT2D eigenvalue weighted by atomic mass is 9.69. The van der Waals surface area contributed by atoms with Crippen molar-refractivity contribution in [3.8, 4) is 17.2 Å². The molecule has 3 aliphatic rings. The third-order valence-corrected chi connectivity index (χ3v) is 8.16.